The fourth-order valence-corrected chi connectivity index (χ4v) is 2.54. The summed E-state index contributed by atoms with van der Waals surface area (Å²) < 4.78 is 0. The van der Waals surface area contributed by atoms with Gasteiger partial charge in [-0.15, -0.1) is 0 Å². The van der Waals surface area contributed by atoms with Crippen molar-refractivity contribution in [3.8, 4) is 6.07 Å². The maximum atomic E-state index is 12.4. The Kier molecular flexibility index (Phi) is 3.05. The van der Waals surface area contributed by atoms with Crippen LogP contribution in [0.5, 0.6) is 0 Å². The molecule has 5 heteroatoms. The molecule has 5 nitrogen and oxygen atoms in total. The Labute approximate surface area is 101 Å². The Balaban J connectivity index is 2.18. The van der Waals surface area contributed by atoms with Crippen LogP contribution >= 0.6 is 0 Å². The first kappa shape index (κ1) is 11.9. The van der Waals surface area contributed by atoms with E-state index in [2.05, 4.69) is 11.4 Å². The second-order valence-electron chi connectivity index (χ2n) is 4.76. The van der Waals surface area contributed by atoms with Crippen molar-refractivity contribution in [3.63, 3.8) is 0 Å². The molecule has 2 amide bonds. The van der Waals surface area contributed by atoms with E-state index in [0.717, 1.165) is 6.42 Å². The van der Waals surface area contributed by atoms with Gasteiger partial charge in [-0.1, -0.05) is 6.92 Å². The van der Waals surface area contributed by atoms with Crippen LogP contribution in [0.3, 0.4) is 0 Å². The maximum Gasteiger partial charge on any atom is 0.243 e. The Hall–Kier alpha value is -1.57. The number of piperazine rings is 1. The summed E-state index contributed by atoms with van der Waals surface area (Å²) in [6, 6.07) is 1.75. The van der Waals surface area contributed by atoms with Gasteiger partial charge in [-0.2, -0.15) is 5.26 Å². The number of carbonyl (C=O) groups excluding carboxylic acids is 2. The molecule has 1 aliphatic carbocycles. The van der Waals surface area contributed by atoms with Crippen LogP contribution in [0, 0.1) is 16.7 Å². The average Bonchev–Trinajstić information content (AvgIpc) is 2.27. The molecule has 2 rings (SSSR count). The summed E-state index contributed by atoms with van der Waals surface area (Å²) in [5.41, 5.74) is -0.842. The predicted molar refractivity (Wildman–Crippen MR) is 60.7 cm³/mol. The fourth-order valence-electron chi connectivity index (χ4n) is 2.54. The minimum absolute atomic E-state index is 0.0977. The lowest BCUT2D eigenvalue weighted by Gasteiger charge is -2.42. The van der Waals surface area contributed by atoms with Gasteiger partial charge >= 0.3 is 0 Å². The van der Waals surface area contributed by atoms with Crippen molar-refractivity contribution in [2.45, 2.75) is 38.6 Å². The van der Waals surface area contributed by atoms with Gasteiger partial charge < -0.3 is 10.2 Å². The lowest BCUT2D eigenvalue weighted by molar-refractivity contribution is -0.152. The molecule has 0 aromatic carbocycles. The first-order valence-electron chi connectivity index (χ1n) is 6.14. The number of nitriles is 1. The molecule has 1 N–H and O–H groups in total. The second kappa shape index (κ2) is 4.36. The number of amides is 2. The summed E-state index contributed by atoms with van der Waals surface area (Å²) in [6.07, 6.45) is 2.79. The van der Waals surface area contributed by atoms with E-state index in [4.69, 9.17) is 5.26 Å². The van der Waals surface area contributed by atoms with Crippen molar-refractivity contribution >= 4 is 11.8 Å². The van der Waals surface area contributed by atoms with Crippen LogP contribution < -0.4 is 5.32 Å². The zero-order valence-electron chi connectivity index (χ0n) is 10.0. The lowest BCUT2D eigenvalue weighted by atomic mass is 9.68. The molecule has 1 unspecified atom stereocenters. The van der Waals surface area contributed by atoms with Crippen LogP contribution in [-0.4, -0.2) is 35.8 Å². The molecule has 92 valence electrons. The Morgan fingerprint density at radius 2 is 2.35 bits per heavy atom. The molecule has 0 aromatic rings. The van der Waals surface area contributed by atoms with E-state index < -0.39 is 11.5 Å². The number of hydrogen-bond acceptors (Lipinski definition) is 3. The van der Waals surface area contributed by atoms with E-state index in [9.17, 15) is 9.59 Å². The molecule has 17 heavy (non-hydrogen) atoms. The first-order chi connectivity index (χ1) is 8.14. The third-order valence-electron chi connectivity index (χ3n) is 3.81. The first-order valence-corrected chi connectivity index (χ1v) is 6.14. The predicted octanol–water partition coefficient (Wildman–Crippen LogP) is 0.417. The second-order valence-corrected chi connectivity index (χ2v) is 4.76. The van der Waals surface area contributed by atoms with Gasteiger partial charge in [-0.05, 0) is 25.7 Å². The van der Waals surface area contributed by atoms with Gasteiger partial charge in [-0.25, -0.2) is 0 Å². The van der Waals surface area contributed by atoms with Gasteiger partial charge in [0.1, 0.15) is 11.5 Å². The summed E-state index contributed by atoms with van der Waals surface area (Å²) >= 11 is 0. The molecule has 1 heterocycles. The van der Waals surface area contributed by atoms with Crippen LogP contribution in [0.25, 0.3) is 0 Å². The van der Waals surface area contributed by atoms with Crippen molar-refractivity contribution in [1.29, 1.82) is 5.26 Å². The maximum absolute atomic E-state index is 12.4. The topological polar surface area (TPSA) is 73.2 Å². The number of hydrogen-bond donors (Lipinski definition) is 1. The molecule has 0 bridgehead atoms. The van der Waals surface area contributed by atoms with Gasteiger partial charge in [0.25, 0.3) is 0 Å². The quantitative estimate of drug-likeness (QED) is 0.753. The highest BCUT2D eigenvalue weighted by Gasteiger charge is 2.49. The Bertz CT molecular complexity index is 382. The molecule has 0 aromatic heterocycles. The zero-order valence-corrected chi connectivity index (χ0v) is 10.0. The molecule has 1 saturated heterocycles. The number of carbonyl (C=O) groups is 2. The number of rotatable bonds is 2. The summed E-state index contributed by atoms with van der Waals surface area (Å²) in [6.45, 7) is 2.89. The van der Waals surface area contributed by atoms with Crippen LogP contribution in [0.2, 0.25) is 0 Å². The van der Waals surface area contributed by atoms with Crippen molar-refractivity contribution in [2.75, 3.05) is 13.1 Å². The van der Waals surface area contributed by atoms with E-state index in [0.29, 0.717) is 32.4 Å². The smallest absolute Gasteiger partial charge is 0.243 e. The largest absolute Gasteiger partial charge is 0.353 e. The molecular weight excluding hydrogens is 218 g/mol. The molecule has 2 aliphatic rings. The standard InChI is InChI=1S/C12H17N3O2/c1-2-9-10(16)14-6-7-15(9)11(17)12(8-13)4-3-5-12/h9H,2-7H2,1H3,(H,14,16). The highest BCUT2D eigenvalue weighted by atomic mass is 16.2. The van der Waals surface area contributed by atoms with Crippen LogP contribution in [0.15, 0.2) is 0 Å². The fraction of sp³-hybridized carbons (Fsp3) is 0.750. The lowest BCUT2D eigenvalue weighted by Crippen LogP contribution is -2.60. The summed E-state index contributed by atoms with van der Waals surface area (Å²) in [4.78, 5) is 25.6. The van der Waals surface area contributed by atoms with E-state index in [-0.39, 0.29) is 11.8 Å². The summed E-state index contributed by atoms with van der Waals surface area (Å²) in [5, 5.41) is 11.9. The van der Waals surface area contributed by atoms with Crippen LogP contribution in [0.4, 0.5) is 0 Å². The third kappa shape index (κ3) is 1.78. The van der Waals surface area contributed by atoms with Gasteiger partial charge in [-0.3, -0.25) is 9.59 Å². The molecule has 1 saturated carbocycles. The summed E-state index contributed by atoms with van der Waals surface area (Å²) in [7, 11) is 0. The van der Waals surface area contributed by atoms with Crippen molar-refractivity contribution in [1.82, 2.24) is 10.2 Å². The molecule has 1 aliphatic heterocycles. The number of nitrogens with zero attached hydrogens (tertiary/aromatic N) is 2. The molecule has 0 radical (unpaired) electrons. The Morgan fingerprint density at radius 1 is 1.65 bits per heavy atom. The van der Waals surface area contributed by atoms with E-state index in [1.807, 2.05) is 6.92 Å². The van der Waals surface area contributed by atoms with E-state index >= 15 is 0 Å². The van der Waals surface area contributed by atoms with Gasteiger partial charge in [0.15, 0.2) is 0 Å². The minimum Gasteiger partial charge on any atom is -0.353 e. The summed E-state index contributed by atoms with van der Waals surface area (Å²) in [5.74, 6) is -0.243. The van der Waals surface area contributed by atoms with Gasteiger partial charge in [0.2, 0.25) is 11.8 Å². The molecule has 2 fully saturated rings. The van der Waals surface area contributed by atoms with Crippen molar-refractivity contribution in [2.24, 2.45) is 5.41 Å². The number of nitrogens with one attached hydrogen (secondary N) is 1. The highest BCUT2D eigenvalue weighted by molar-refractivity contribution is 5.93. The van der Waals surface area contributed by atoms with Crippen molar-refractivity contribution in [3.05, 3.63) is 0 Å². The SMILES string of the molecule is CCC1C(=O)NCCN1C(=O)C1(C#N)CCC1. The monoisotopic (exact) mass is 235 g/mol. The zero-order chi connectivity index (χ0) is 12.5. The third-order valence-corrected chi connectivity index (χ3v) is 3.81. The van der Waals surface area contributed by atoms with Gasteiger partial charge in [0.05, 0.1) is 6.07 Å². The Morgan fingerprint density at radius 3 is 2.82 bits per heavy atom. The van der Waals surface area contributed by atoms with Crippen LogP contribution in [-0.2, 0) is 9.59 Å². The van der Waals surface area contributed by atoms with Gasteiger partial charge in [0, 0.05) is 13.1 Å². The molecule has 0 spiro atoms. The highest BCUT2D eigenvalue weighted by Crippen LogP contribution is 2.42. The molecular formula is C12H17N3O2. The normalized spacial score (nSPS) is 26.7. The van der Waals surface area contributed by atoms with Crippen molar-refractivity contribution < 1.29 is 9.59 Å². The van der Waals surface area contributed by atoms with E-state index in [1.165, 1.54) is 0 Å². The van der Waals surface area contributed by atoms with Crippen LogP contribution in [0.1, 0.15) is 32.6 Å². The minimum atomic E-state index is -0.842. The average molecular weight is 235 g/mol. The molecule has 1 atom stereocenters. The van der Waals surface area contributed by atoms with E-state index in [1.54, 1.807) is 4.90 Å².